The number of nitrogens with zero attached hydrogens (tertiary/aromatic N) is 1. The van der Waals surface area contributed by atoms with Crippen LogP contribution in [0.2, 0.25) is 0 Å². The lowest BCUT2D eigenvalue weighted by atomic mass is 9.76. The first kappa shape index (κ1) is 14.8. The zero-order valence-electron chi connectivity index (χ0n) is 11.4. The average molecular weight is 283 g/mol. The van der Waals surface area contributed by atoms with E-state index >= 15 is 0 Å². The molecule has 1 heterocycles. The molecule has 0 spiro atoms. The third kappa shape index (κ3) is 3.27. The van der Waals surface area contributed by atoms with Crippen LogP contribution in [0.3, 0.4) is 0 Å². The molecule has 3 unspecified atom stereocenters. The van der Waals surface area contributed by atoms with Gasteiger partial charge in [-0.2, -0.15) is 0 Å². The summed E-state index contributed by atoms with van der Waals surface area (Å²) in [5, 5.41) is 11.3. The predicted molar refractivity (Wildman–Crippen MR) is 70.8 cm³/mol. The number of carbonyl (C=O) groups excluding carboxylic acids is 2. The number of fused-ring (bicyclic) bond motifs is 1. The minimum Gasteiger partial charge on any atom is -0.480 e. The Kier molecular flexibility index (Phi) is 4.59. The number of primary amides is 1. The van der Waals surface area contributed by atoms with E-state index in [0.717, 1.165) is 25.7 Å². The number of nitrogens with one attached hydrogen (secondary N) is 1. The van der Waals surface area contributed by atoms with E-state index in [1.54, 1.807) is 4.90 Å². The van der Waals surface area contributed by atoms with Crippen molar-refractivity contribution in [1.82, 2.24) is 10.2 Å². The van der Waals surface area contributed by atoms with Crippen LogP contribution >= 0.6 is 0 Å². The van der Waals surface area contributed by atoms with E-state index in [-0.39, 0.29) is 12.6 Å². The van der Waals surface area contributed by atoms with E-state index in [2.05, 4.69) is 0 Å². The fourth-order valence-corrected chi connectivity index (χ4v) is 3.57. The molecule has 7 heteroatoms. The highest BCUT2D eigenvalue weighted by Gasteiger charge is 2.41. The van der Waals surface area contributed by atoms with Crippen molar-refractivity contribution in [2.24, 2.45) is 11.7 Å². The summed E-state index contributed by atoms with van der Waals surface area (Å²) in [4.78, 5) is 35.5. The van der Waals surface area contributed by atoms with Crippen LogP contribution in [0.5, 0.6) is 0 Å². The largest absolute Gasteiger partial charge is 0.480 e. The van der Waals surface area contributed by atoms with Gasteiger partial charge in [0.2, 0.25) is 5.91 Å². The smallest absolute Gasteiger partial charge is 0.320 e. The molecule has 1 aliphatic heterocycles. The van der Waals surface area contributed by atoms with Gasteiger partial charge in [0.05, 0.1) is 6.54 Å². The molecule has 2 aliphatic rings. The van der Waals surface area contributed by atoms with Gasteiger partial charge in [-0.05, 0) is 31.6 Å². The minimum atomic E-state index is -0.904. The molecule has 1 saturated carbocycles. The molecular weight excluding hydrogens is 262 g/mol. The van der Waals surface area contributed by atoms with Crippen LogP contribution in [0.25, 0.3) is 0 Å². The lowest BCUT2D eigenvalue weighted by molar-refractivity contribution is -0.149. The number of carbonyl (C=O) groups is 3. The number of rotatable bonds is 3. The van der Waals surface area contributed by atoms with Gasteiger partial charge in [0.25, 0.3) is 0 Å². The Bertz CT molecular complexity index is 412. The lowest BCUT2D eigenvalue weighted by Gasteiger charge is -2.46. The molecule has 0 aromatic carbocycles. The number of carboxylic acid groups (broad SMARTS) is 1. The molecule has 1 aliphatic carbocycles. The second-order valence-electron chi connectivity index (χ2n) is 5.63. The molecule has 1 saturated heterocycles. The molecule has 3 amide bonds. The number of likely N-dealkylation sites (tertiary alicyclic amines) is 1. The van der Waals surface area contributed by atoms with Crippen molar-refractivity contribution in [2.45, 2.75) is 50.6 Å². The summed E-state index contributed by atoms with van der Waals surface area (Å²) < 4.78 is 0. The monoisotopic (exact) mass is 283 g/mol. The van der Waals surface area contributed by atoms with Crippen LogP contribution in [0, 0.1) is 5.92 Å². The van der Waals surface area contributed by atoms with Gasteiger partial charge in [-0.25, -0.2) is 4.79 Å². The first-order valence-corrected chi connectivity index (χ1v) is 7.07. The van der Waals surface area contributed by atoms with Gasteiger partial charge in [0.1, 0.15) is 6.04 Å². The van der Waals surface area contributed by atoms with Gasteiger partial charge >= 0.3 is 12.0 Å². The minimum absolute atomic E-state index is 0.0823. The van der Waals surface area contributed by atoms with E-state index in [1.165, 1.54) is 6.42 Å². The van der Waals surface area contributed by atoms with Crippen molar-refractivity contribution >= 4 is 17.9 Å². The number of hydrogen-bond acceptors (Lipinski definition) is 4. The summed E-state index contributed by atoms with van der Waals surface area (Å²) >= 11 is 0. The summed E-state index contributed by atoms with van der Waals surface area (Å²) in [6.45, 7) is -0.0823. The second kappa shape index (κ2) is 6.21. The number of carboxylic acids is 1. The van der Waals surface area contributed by atoms with Gasteiger partial charge in [0.15, 0.2) is 0 Å². The Balaban J connectivity index is 2.10. The van der Waals surface area contributed by atoms with Gasteiger partial charge < -0.3 is 10.8 Å². The summed E-state index contributed by atoms with van der Waals surface area (Å²) in [6.07, 6.45) is 5.68. The van der Waals surface area contributed by atoms with E-state index in [0.29, 0.717) is 12.3 Å². The average Bonchev–Trinajstić information content (AvgIpc) is 2.37. The number of piperidine rings is 1. The van der Waals surface area contributed by atoms with Gasteiger partial charge in [-0.15, -0.1) is 0 Å². The summed E-state index contributed by atoms with van der Waals surface area (Å²) in [7, 11) is 0. The van der Waals surface area contributed by atoms with E-state index < -0.39 is 23.9 Å². The second-order valence-corrected chi connectivity index (χ2v) is 5.63. The third-order valence-corrected chi connectivity index (χ3v) is 4.38. The fourth-order valence-electron chi connectivity index (χ4n) is 3.57. The number of nitrogens with two attached hydrogens (primary N) is 1. The van der Waals surface area contributed by atoms with Crippen LogP contribution in [0.15, 0.2) is 0 Å². The standard InChI is InChI=1S/C13H21N3O4/c14-13(20)15-11(17)7-16-9-4-2-1-3-8(9)5-6-10(16)12(18)19/h8-10H,1-7H2,(H,18,19)(H3,14,15,17,20). The topological polar surface area (TPSA) is 113 Å². The molecule has 0 aromatic heterocycles. The maximum absolute atomic E-state index is 11.7. The van der Waals surface area contributed by atoms with Crippen molar-refractivity contribution < 1.29 is 19.5 Å². The highest BCUT2D eigenvalue weighted by atomic mass is 16.4. The van der Waals surface area contributed by atoms with E-state index in [4.69, 9.17) is 5.73 Å². The number of amides is 3. The molecule has 20 heavy (non-hydrogen) atoms. The Morgan fingerprint density at radius 2 is 1.85 bits per heavy atom. The maximum atomic E-state index is 11.7. The molecule has 7 nitrogen and oxygen atoms in total. The van der Waals surface area contributed by atoms with Gasteiger partial charge in [0, 0.05) is 6.04 Å². The SMILES string of the molecule is NC(=O)NC(=O)CN1C(C(=O)O)CCC2CCCCC21. The van der Waals surface area contributed by atoms with Crippen LogP contribution in [0.1, 0.15) is 38.5 Å². The third-order valence-electron chi connectivity index (χ3n) is 4.38. The lowest BCUT2D eigenvalue weighted by Crippen LogP contribution is -2.58. The van der Waals surface area contributed by atoms with Crippen LogP contribution < -0.4 is 11.1 Å². The highest BCUT2D eigenvalue weighted by molar-refractivity contribution is 5.94. The predicted octanol–water partition coefficient (Wildman–Crippen LogP) is 0.289. The molecule has 2 fully saturated rings. The van der Waals surface area contributed by atoms with Crippen molar-refractivity contribution in [1.29, 1.82) is 0 Å². The van der Waals surface area contributed by atoms with Crippen molar-refractivity contribution in [3.63, 3.8) is 0 Å². The Morgan fingerprint density at radius 1 is 1.15 bits per heavy atom. The molecule has 0 aromatic rings. The van der Waals surface area contributed by atoms with Gasteiger partial charge in [-0.3, -0.25) is 19.8 Å². The van der Waals surface area contributed by atoms with Crippen LogP contribution in [0.4, 0.5) is 4.79 Å². The molecule has 112 valence electrons. The van der Waals surface area contributed by atoms with Crippen molar-refractivity contribution in [2.75, 3.05) is 6.54 Å². The highest BCUT2D eigenvalue weighted by Crippen LogP contribution is 2.37. The summed E-state index contributed by atoms with van der Waals surface area (Å²) in [6, 6.07) is -1.43. The summed E-state index contributed by atoms with van der Waals surface area (Å²) in [5.41, 5.74) is 4.92. The zero-order valence-corrected chi connectivity index (χ0v) is 11.4. The van der Waals surface area contributed by atoms with Crippen LogP contribution in [-0.2, 0) is 9.59 Å². The van der Waals surface area contributed by atoms with Crippen molar-refractivity contribution in [3.8, 4) is 0 Å². The quantitative estimate of drug-likeness (QED) is 0.689. The molecule has 0 radical (unpaired) electrons. The molecular formula is C13H21N3O4. The Labute approximate surface area is 117 Å². The molecule has 0 bridgehead atoms. The Hall–Kier alpha value is -1.63. The number of imide groups is 1. The summed E-state index contributed by atoms with van der Waals surface area (Å²) in [5.74, 6) is -0.975. The zero-order chi connectivity index (χ0) is 14.7. The van der Waals surface area contributed by atoms with Gasteiger partial charge in [-0.1, -0.05) is 12.8 Å². The maximum Gasteiger partial charge on any atom is 0.320 e. The van der Waals surface area contributed by atoms with Crippen LogP contribution in [-0.4, -0.2) is 46.5 Å². The first-order valence-electron chi connectivity index (χ1n) is 7.07. The Morgan fingerprint density at radius 3 is 2.50 bits per heavy atom. The molecule has 2 rings (SSSR count). The number of hydrogen-bond donors (Lipinski definition) is 3. The normalized spacial score (nSPS) is 30.3. The van der Waals surface area contributed by atoms with Crippen molar-refractivity contribution in [3.05, 3.63) is 0 Å². The number of aliphatic carboxylic acids is 1. The molecule has 3 atom stereocenters. The molecule has 4 N–H and O–H groups in total. The first-order chi connectivity index (χ1) is 9.49. The van der Waals surface area contributed by atoms with E-state index in [1.807, 2.05) is 5.32 Å². The number of urea groups is 1. The fraction of sp³-hybridized carbons (Fsp3) is 0.769. The van der Waals surface area contributed by atoms with E-state index in [9.17, 15) is 19.5 Å².